The van der Waals surface area contributed by atoms with Gasteiger partial charge in [0.2, 0.25) is 5.91 Å². The van der Waals surface area contributed by atoms with E-state index in [1.165, 1.54) is 0 Å². The number of fused-ring (bicyclic) bond motifs is 1. The first kappa shape index (κ1) is 16.9. The maximum atomic E-state index is 12.3. The summed E-state index contributed by atoms with van der Waals surface area (Å²) in [6.07, 6.45) is 1.87. The molecule has 0 fully saturated rings. The lowest BCUT2D eigenvalue weighted by atomic mass is 10.1. The molecule has 1 N–H and O–H groups in total. The average Bonchev–Trinajstić information content (AvgIpc) is 3.11. The van der Waals surface area contributed by atoms with E-state index < -0.39 is 0 Å². The minimum atomic E-state index is -0.198. The van der Waals surface area contributed by atoms with Crippen molar-refractivity contribution in [1.82, 2.24) is 20.1 Å². The fourth-order valence-corrected chi connectivity index (χ4v) is 2.53. The standard InChI is InChI=1S/C17H20N4O4/c1-2-21-11-19-20-16(21)10-18-17(23)6-4-13(22)12-3-5-14-15(9-12)25-8-7-24-14/h3,5,9,11H,2,4,6-8,10H2,1H3,(H,18,23). The number of nitrogens with zero attached hydrogens (tertiary/aromatic N) is 3. The molecular formula is C17H20N4O4. The molecule has 25 heavy (non-hydrogen) atoms. The van der Waals surface area contributed by atoms with Crippen molar-refractivity contribution in [2.75, 3.05) is 13.2 Å². The number of nitrogens with one attached hydrogen (secondary N) is 1. The van der Waals surface area contributed by atoms with Crippen LogP contribution in [-0.4, -0.2) is 39.7 Å². The zero-order valence-electron chi connectivity index (χ0n) is 14.0. The minimum absolute atomic E-state index is 0.108. The molecule has 3 rings (SSSR count). The molecule has 0 saturated heterocycles. The second kappa shape index (κ2) is 7.78. The van der Waals surface area contributed by atoms with Crippen molar-refractivity contribution in [3.8, 4) is 11.5 Å². The Hall–Kier alpha value is -2.90. The summed E-state index contributed by atoms with van der Waals surface area (Å²) in [4.78, 5) is 24.2. The Morgan fingerprint density at radius 2 is 2.00 bits per heavy atom. The Kier molecular flexibility index (Phi) is 5.27. The number of Topliss-reactive ketones (excluding diaryl/α,β-unsaturated/α-hetero) is 1. The van der Waals surface area contributed by atoms with Crippen molar-refractivity contribution in [1.29, 1.82) is 0 Å². The van der Waals surface area contributed by atoms with E-state index in [-0.39, 0.29) is 24.5 Å². The van der Waals surface area contributed by atoms with Gasteiger partial charge in [0.25, 0.3) is 0 Å². The van der Waals surface area contributed by atoms with Gasteiger partial charge in [0.05, 0.1) is 6.54 Å². The van der Waals surface area contributed by atoms with E-state index in [1.807, 2.05) is 11.5 Å². The Bertz CT molecular complexity index is 772. The van der Waals surface area contributed by atoms with Gasteiger partial charge in [-0.05, 0) is 25.1 Å². The van der Waals surface area contributed by atoms with Crippen LogP contribution >= 0.6 is 0 Å². The molecular weight excluding hydrogens is 324 g/mol. The van der Waals surface area contributed by atoms with E-state index in [0.717, 1.165) is 6.54 Å². The lowest BCUT2D eigenvalue weighted by Crippen LogP contribution is -2.25. The maximum absolute atomic E-state index is 12.3. The van der Waals surface area contributed by atoms with Gasteiger partial charge in [0, 0.05) is 24.9 Å². The summed E-state index contributed by atoms with van der Waals surface area (Å²) in [5, 5.41) is 10.5. The second-order valence-corrected chi connectivity index (χ2v) is 5.59. The smallest absolute Gasteiger partial charge is 0.220 e. The van der Waals surface area contributed by atoms with Gasteiger partial charge >= 0.3 is 0 Å². The second-order valence-electron chi connectivity index (χ2n) is 5.59. The van der Waals surface area contributed by atoms with Crippen LogP contribution in [0.15, 0.2) is 24.5 Å². The summed E-state index contributed by atoms with van der Waals surface area (Å²) in [6.45, 7) is 3.98. The lowest BCUT2D eigenvalue weighted by molar-refractivity contribution is -0.121. The predicted octanol–water partition coefficient (Wildman–Crippen LogP) is 1.35. The summed E-state index contributed by atoms with van der Waals surface area (Å²) in [7, 11) is 0. The quantitative estimate of drug-likeness (QED) is 0.762. The van der Waals surface area contributed by atoms with Gasteiger partial charge in [-0.15, -0.1) is 10.2 Å². The van der Waals surface area contributed by atoms with Crippen molar-refractivity contribution < 1.29 is 19.1 Å². The van der Waals surface area contributed by atoms with Gasteiger partial charge in [-0.25, -0.2) is 0 Å². The van der Waals surface area contributed by atoms with E-state index in [0.29, 0.717) is 42.6 Å². The zero-order chi connectivity index (χ0) is 17.6. The van der Waals surface area contributed by atoms with Crippen LogP contribution in [0.2, 0.25) is 0 Å². The van der Waals surface area contributed by atoms with Crippen LogP contribution in [0.5, 0.6) is 11.5 Å². The van der Waals surface area contributed by atoms with Crippen molar-refractivity contribution in [2.45, 2.75) is 32.9 Å². The highest BCUT2D eigenvalue weighted by Crippen LogP contribution is 2.31. The molecule has 1 aromatic heterocycles. The van der Waals surface area contributed by atoms with Crippen LogP contribution in [-0.2, 0) is 17.9 Å². The molecule has 1 aliphatic rings. The van der Waals surface area contributed by atoms with E-state index in [1.54, 1.807) is 24.5 Å². The maximum Gasteiger partial charge on any atom is 0.220 e. The minimum Gasteiger partial charge on any atom is -0.486 e. The number of ether oxygens (including phenoxy) is 2. The molecule has 1 aromatic carbocycles. The van der Waals surface area contributed by atoms with Crippen molar-refractivity contribution in [3.05, 3.63) is 35.9 Å². The molecule has 2 heterocycles. The number of rotatable bonds is 7. The summed E-state index contributed by atoms with van der Waals surface area (Å²) in [5.74, 6) is 1.59. The fourth-order valence-electron chi connectivity index (χ4n) is 2.53. The number of hydrogen-bond acceptors (Lipinski definition) is 6. The third-order valence-electron chi connectivity index (χ3n) is 3.92. The van der Waals surface area contributed by atoms with Crippen LogP contribution in [0.25, 0.3) is 0 Å². The first-order valence-electron chi connectivity index (χ1n) is 8.23. The van der Waals surface area contributed by atoms with E-state index in [9.17, 15) is 9.59 Å². The molecule has 8 nitrogen and oxygen atoms in total. The Morgan fingerprint density at radius 1 is 1.20 bits per heavy atom. The lowest BCUT2D eigenvalue weighted by Gasteiger charge is -2.18. The molecule has 0 saturated carbocycles. The number of aromatic nitrogens is 3. The predicted molar refractivity (Wildman–Crippen MR) is 88.5 cm³/mol. The molecule has 0 spiro atoms. The van der Waals surface area contributed by atoms with Crippen molar-refractivity contribution in [2.24, 2.45) is 0 Å². The van der Waals surface area contributed by atoms with Crippen LogP contribution in [0.4, 0.5) is 0 Å². The summed E-state index contributed by atoms with van der Waals surface area (Å²) in [5.41, 5.74) is 0.516. The highest BCUT2D eigenvalue weighted by Gasteiger charge is 2.16. The topological polar surface area (TPSA) is 95.3 Å². The van der Waals surface area contributed by atoms with Gasteiger partial charge < -0.3 is 19.4 Å². The summed E-state index contributed by atoms with van der Waals surface area (Å²) >= 11 is 0. The molecule has 1 aliphatic heterocycles. The fraction of sp³-hybridized carbons (Fsp3) is 0.412. The SMILES string of the molecule is CCn1cnnc1CNC(=O)CCC(=O)c1ccc2c(c1)OCCO2. The van der Waals surface area contributed by atoms with Crippen LogP contribution < -0.4 is 14.8 Å². The third-order valence-corrected chi connectivity index (χ3v) is 3.92. The number of aryl methyl sites for hydroxylation is 1. The highest BCUT2D eigenvalue weighted by molar-refractivity contribution is 5.98. The number of amides is 1. The van der Waals surface area contributed by atoms with Gasteiger partial charge in [0.1, 0.15) is 19.5 Å². The third kappa shape index (κ3) is 4.14. The van der Waals surface area contributed by atoms with E-state index in [4.69, 9.17) is 9.47 Å². The zero-order valence-corrected chi connectivity index (χ0v) is 14.0. The summed E-state index contributed by atoms with van der Waals surface area (Å²) in [6, 6.07) is 5.08. The van der Waals surface area contributed by atoms with Gasteiger partial charge in [-0.2, -0.15) is 0 Å². The largest absolute Gasteiger partial charge is 0.486 e. The summed E-state index contributed by atoms with van der Waals surface area (Å²) < 4.78 is 12.7. The van der Waals surface area contributed by atoms with Crippen molar-refractivity contribution in [3.63, 3.8) is 0 Å². The average molecular weight is 344 g/mol. The molecule has 0 atom stereocenters. The Balaban J connectivity index is 1.49. The van der Waals surface area contributed by atoms with Crippen LogP contribution in [0, 0.1) is 0 Å². The van der Waals surface area contributed by atoms with Crippen molar-refractivity contribution >= 4 is 11.7 Å². The highest BCUT2D eigenvalue weighted by atomic mass is 16.6. The first-order valence-corrected chi connectivity index (χ1v) is 8.23. The number of carbonyl (C=O) groups is 2. The molecule has 2 aromatic rings. The van der Waals surface area contributed by atoms with Gasteiger partial charge in [-0.3, -0.25) is 9.59 Å². The monoisotopic (exact) mass is 344 g/mol. The molecule has 132 valence electrons. The Morgan fingerprint density at radius 3 is 2.80 bits per heavy atom. The Labute approximate surface area is 145 Å². The molecule has 8 heteroatoms. The number of hydrogen-bond donors (Lipinski definition) is 1. The van der Waals surface area contributed by atoms with Gasteiger partial charge in [0.15, 0.2) is 23.1 Å². The first-order chi connectivity index (χ1) is 12.2. The van der Waals surface area contributed by atoms with Crippen LogP contribution in [0.3, 0.4) is 0 Å². The number of benzene rings is 1. The number of ketones is 1. The normalized spacial score (nSPS) is 12.7. The number of carbonyl (C=O) groups excluding carboxylic acids is 2. The molecule has 0 radical (unpaired) electrons. The molecule has 1 amide bonds. The van der Waals surface area contributed by atoms with E-state index in [2.05, 4.69) is 15.5 Å². The van der Waals surface area contributed by atoms with Crippen LogP contribution in [0.1, 0.15) is 35.9 Å². The van der Waals surface area contributed by atoms with Gasteiger partial charge in [-0.1, -0.05) is 0 Å². The molecule has 0 bridgehead atoms. The van der Waals surface area contributed by atoms with E-state index >= 15 is 0 Å². The molecule has 0 aliphatic carbocycles. The molecule has 0 unspecified atom stereocenters.